The minimum absolute atomic E-state index is 0.0505. The second-order valence-electron chi connectivity index (χ2n) is 8.18. The Hall–Kier alpha value is -3.32. The number of nitrogens with zero attached hydrogens (tertiary/aromatic N) is 2. The van der Waals surface area contributed by atoms with E-state index in [0.717, 1.165) is 23.3 Å². The summed E-state index contributed by atoms with van der Waals surface area (Å²) in [6.45, 7) is 8.95. The molecule has 1 aromatic carbocycles. The molecule has 1 atom stereocenters. The Labute approximate surface area is 198 Å². The van der Waals surface area contributed by atoms with Gasteiger partial charge in [0.25, 0.3) is 5.91 Å². The Kier molecular flexibility index (Phi) is 6.99. The summed E-state index contributed by atoms with van der Waals surface area (Å²) in [4.78, 5) is 30.8. The highest BCUT2D eigenvalue weighted by Crippen LogP contribution is 2.34. The van der Waals surface area contributed by atoms with Crippen LogP contribution in [-0.2, 0) is 11.2 Å². The number of hydrogen-bond donors (Lipinski definition) is 0. The summed E-state index contributed by atoms with van der Waals surface area (Å²) in [5.41, 5.74) is 3.37. The van der Waals surface area contributed by atoms with Crippen molar-refractivity contribution in [2.45, 2.75) is 26.3 Å². The van der Waals surface area contributed by atoms with E-state index in [9.17, 15) is 9.59 Å². The normalized spacial score (nSPS) is 15.1. The van der Waals surface area contributed by atoms with E-state index in [-0.39, 0.29) is 36.7 Å². The van der Waals surface area contributed by atoms with Gasteiger partial charge < -0.3 is 19.0 Å². The van der Waals surface area contributed by atoms with Gasteiger partial charge in [0, 0.05) is 18.0 Å². The first kappa shape index (κ1) is 22.9. The second-order valence-corrected chi connectivity index (χ2v) is 9.18. The zero-order valence-corrected chi connectivity index (χ0v) is 19.8. The molecule has 2 amide bonds. The number of ether oxygens (including phenoxy) is 1. The average Bonchev–Trinajstić information content (AvgIpc) is 3.49. The molecule has 0 radical (unpaired) electrons. The third-order valence-corrected chi connectivity index (χ3v) is 6.83. The highest BCUT2D eigenvalue weighted by atomic mass is 32.1. The van der Waals surface area contributed by atoms with Crippen LogP contribution in [0.2, 0.25) is 0 Å². The third kappa shape index (κ3) is 5.03. The zero-order valence-electron chi connectivity index (χ0n) is 19.0. The zero-order chi connectivity index (χ0) is 23.4. The van der Waals surface area contributed by atoms with Crippen molar-refractivity contribution in [1.82, 2.24) is 9.80 Å². The molecule has 4 rings (SSSR count). The van der Waals surface area contributed by atoms with Crippen molar-refractivity contribution in [1.29, 1.82) is 0 Å². The number of amides is 2. The highest BCUT2D eigenvalue weighted by molar-refractivity contribution is 7.10. The Morgan fingerprint density at radius 1 is 1.30 bits per heavy atom. The predicted molar refractivity (Wildman–Crippen MR) is 129 cm³/mol. The molecule has 6 nitrogen and oxygen atoms in total. The molecule has 0 fully saturated rings. The van der Waals surface area contributed by atoms with Gasteiger partial charge >= 0.3 is 0 Å². The summed E-state index contributed by atoms with van der Waals surface area (Å²) in [5, 5.41) is 2.06. The third-order valence-electron chi connectivity index (χ3n) is 5.84. The Morgan fingerprint density at radius 2 is 2.15 bits per heavy atom. The number of aryl methyl sites for hydroxylation is 2. The standard InChI is InChI=1S/C26H28N2O4S/c1-4-11-27(26(30)23-6-5-13-31-23)16-25(29)28-12-9-24-20(10-14-33-24)21(28)17-32-22-8-7-18(2)15-19(22)3/h4-8,10,13-15,21H,1,9,11-12,16-17H2,2-3H3/t21-/m1/s1. The van der Waals surface area contributed by atoms with Crippen molar-refractivity contribution < 1.29 is 18.7 Å². The molecule has 0 bridgehead atoms. The maximum Gasteiger partial charge on any atom is 0.290 e. The Bertz CT molecular complexity index is 1140. The maximum atomic E-state index is 13.4. The fourth-order valence-electron chi connectivity index (χ4n) is 4.19. The molecule has 1 aliphatic rings. The number of fused-ring (bicyclic) bond motifs is 1. The molecule has 1 aliphatic heterocycles. The molecule has 0 spiro atoms. The van der Waals surface area contributed by atoms with E-state index >= 15 is 0 Å². The molecular weight excluding hydrogens is 436 g/mol. The van der Waals surface area contributed by atoms with Crippen molar-refractivity contribution in [3.05, 3.63) is 88.0 Å². The Morgan fingerprint density at radius 3 is 2.88 bits per heavy atom. The topological polar surface area (TPSA) is 63.0 Å². The van der Waals surface area contributed by atoms with Crippen LogP contribution < -0.4 is 4.74 Å². The van der Waals surface area contributed by atoms with E-state index in [0.29, 0.717) is 13.2 Å². The highest BCUT2D eigenvalue weighted by Gasteiger charge is 2.33. The molecule has 0 N–H and O–H groups in total. The second kappa shape index (κ2) is 10.1. The molecule has 7 heteroatoms. The molecule has 0 saturated carbocycles. The number of benzene rings is 1. The van der Waals surface area contributed by atoms with Crippen LogP contribution >= 0.6 is 11.3 Å². The smallest absolute Gasteiger partial charge is 0.290 e. The van der Waals surface area contributed by atoms with E-state index < -0.39 is 0 Å². The first-order valence-corrected chi connectivity index (χ1v) is 11.9. The number of carbonyl (C=O) groups is 2. The lowest BCUT2D eigenvalue weighted by Gasteiger charge is -2.37. The fraction of sp³-hybridized carbons (Fsp3) is 0.308. The van der Waals surface area contributed by atoms with Crippen LogP contribution in [0.4, 0.5) is 0 Å². The van der Waals surface area contributed by atoms with Crippen molar-refractivity contribution >= 4 is 23.2 Å². The molecule has 3 heterocycles. The molecule has 0 saturated heterocycles. The summed E-state index contributed by atoms with van der Waals surface area (Å²) in [6.07, 6.45) is 3.86. The lowest BCUT2D eigenvalue weighted by molar-refractivity contribution is -0.135. The van der Waals surface area contributed by atoms with Crippen LogP contribution in [0.3, 0.4) is 0 Å². The number of rotatable bonds is 8. The van der Waals surface area contributed by atoms with E-state index in [1.54, 1.807) is 29.5 Å². The number of hydrogen-bond acceptors (Lipinski definition) is 5. The van der Waals surface area contributed by atoms with Crippen molar-refractivity contribution in [2.75, 3.05) is 26.2 Å². The molecular formula is C26H28N2O4S. The van der Waals surface area contributed by atoms with Gasteiger partial charge in [0.1, 0.15) is 18.9 Å². The molecule has 0 aliphatic carbocycles. The van der Waals surface area contributed by atoms with Crippen LogP contribution in [-0.4, -0.2) is 47.9 Å². The number of thiophene rings is 1. The first-order chi connectivity index (χ1) is 16.0. The van der Waals surface area contributed by atoms with E-state index in [4.69, 9.17) is 9.15 Å². The lowest BCUT2D eigenvalue weighted by atomic mass is 10.00. The summed E-state index contributed by atoms with van der Waals surface area (Å²) in [6, 6.07) is 11.2. The van der Waals surface area contributed by atoms with Crippen molar-refractivity contribution in [3.8, 4) is 5.75 Å². The van der Waals surface area contributed by atoms with Gasteiger partial charge in [0.2, 0.25) is 5.91 Å². The maximum absolute atomic E-state index is 13.4. The monoisotopic (exact) mass is 464 g/mol. The van der Waals surface area contributed by atoms with Crippen LogP contribution in [0, 0.1) is 13.8 Å². The van der Waals surface area contributed by atoms with E-state index in [1.165, 1.54) is 21.6 Å². The van der Waals surface area contributed by atoms with Crippen molar-refractivity contribution in [2.24, 2.45) is 0 Å². The summed E-state index contributed by atoms with van der Waals surface area (Å²) >= 11 is 1.71. The number of furan rings is 1. The summed E-state index contributed by atoms with van der Waals surface area (Å²) in [7, 11) is 0. The molecule has 2 aromatic heterocycles. The average molecular weight is 465 g/mol. The molecule has 172 valence electrons. The van der Waals surface area contributed by atoms with Gasteiger partial charge in [-0.15, -0.1) is 17.9 Å². The van der Waals surface area contributed by atoms with Gasteiger partial charge in [-0.3, -0.25) is 9.59 Å². The minimum atomic E-state index is -0.329. The minimum Gasteiger partial charge on any atom is -0.491 e. The largest absolute Gasteiger partial charge is 0.491 e. The van der Waals surface area contributed by atoms with Crippen molar-refractivity contribution in [3.63, 3.8) is 0 Å². The lowest BCUT2D eigenvalue weighted by Crippen LogP contribution is -2.47. The van der Waals surface area contributed by atoms with Gasteiger partial charge in [-0.1, -0.05) is 23.8 Å². The van der Waals surface area contributed by atoms with Gasteiger partial charge in [-0.2, -0.15) is 0 Å². The van der Waals surface area contributed by atoms with Gasteiger partial charge in [-0.25, -0.2) is 0 Å². The van der Waals surface area contributed by atoms with E-state index in [1.807, 2.05) is 24.0 Å². The Balaban J connectivity index is 1.53. The van der Waals surface area contributed by atoms with Gasteiger partial charge in [-0.05, 0) is 61.0 Å². The van der Waals surface area contributed by atoms with Gasteiger partial charge in [0.05, 0.1) is 12.3 Å². The first-order valence-electron chi connectivity index (χ1n) is 11.0. The fourth-order valence-corrected chi connectivity index (χ4v) is 5.12. The van der Waals surface area contributed by atoms with E-state index in [2.05, 4.69) is 31.0 Å². The summed E-state index contributed by atoms with van der Waals surface area (Å²) in [5.74, 6) is 0.571. The summed E-state index contributed by atoms with van der Waals surface area (Å²) < 4.78 is 11.4. The molecule has 33 heavy (non-hydrogen) atoms. The van der Waals surface area contributed by atoms with Crippen LogP contribution in [0.5, 0.6) is 5.75 Å². The quantitative estimate of drug-likeness (QED) is 0.450. The van der Waals surface area contributed by atoms with Gasteiger partial charge in [0.15, 0.2) is 5.76 Å². The van der Waals surface area contributed by atoms with Crippen LogP contribution in [0.25, 0.3) is 0 Å². The van der Waals surface area contributed by atoms with Crippen LogP contribution in [0.15, 0.2) is 65.1 Å². The molecule has 3 aromatic rings. The predicted octanol–water partition coefficient (Wildman–Crippen LogP) is 4.79. The SMILES string of the molecule is C=CCN(CC(=O)N1CCc2sccc2[C@H]1COc1ccc(C)cc1C)C(=O)c1ccco1. The number of carbonyl (C=O) groups excluding carboxylic acids is 2. The molecule has 0 unspecified atom stereocenters. The van der Waals surface area contributed by atoms with Crippen LogP contribution in [0.1, 0.15) is 38.2 Å².